The fourth-order valence-electron chi connectivity index (χ4n) is 5.57. The molecule has 0 unspecified atom stereocenters. The maximum absolute atomic E-state index is 2.57. The Labute approximate surface area is 190 Å². The lowest BCUT2D eigenvalue weighted by molar-refractivity contribution is -0.665. The summed E-state index contributed by atoms with van der Waals surface area (Å²) in [5.74, 6) is 0.750. The molecule has 0 aliphatic carbocycles. The molecule has 0 N–H and O–H groups in total. The minimum atomic E-state index is -0.916. The van der Waals surface area contributed by atoms with Crippen LogP contribution >= 0.6 is 0 Å². The first-order valence-electron chi connectivity index (χ1n) is 12.3. The van der Waals surface area contributed by atoms with Gasteiger partial charge in [0.2, 0.25) is 5.69 Å². The molecule has 0 amide bonds. The minimum absolute atomic E-state index is 0.750. The number of aromatic nitrogens is 1. The van der Waals surface area contributed by atoms with Crippen LogP contribution in [0, 0.1) is 13.8 Å². The number of aryl methyl sites for hydroxylation is 3. The Morgan fingerprint density at radius 1 is 0.935 bits per heavy atom. The first-order valence-corrected chi connectivity index (χ1v) is 15.7. The molecule has 164 valence electrons. The lowest BCUT2D eigenvalue weighted by Gasteiger charge is -2.33. The molecule has 31 heavy (non-hydrogen) atoms. The van der Waals surface area contributed by atoms with Crippen LogP contribution in [0.3, 0.4) is 0 Å². The number of rotatable bonds is 4. The second-order valence-corrected chi connectivity index (χ2v) is 15.9. The molecule has 0 spiro atoms. The van der Waals surface area contributed by atoms with E-state index in [0.717, 1.165) is 18.8 Å². The van der Waals surface area contributed by atoms with Gasteiger partial charge in [0.15, 0.2) is 5.69 Å². The molecule has 2 heteroatoms. The molecule has 2 aromatic carbocycles. The fourth-order valence-corrected chi connectivity index (χ4v) is 8.08. The second-order valence-electron chi connectivity index (χ2n) is 10.6. The molecular formula is C29H40NSi+. The predicted octanol–water partition coefficient (Wildman–Crippen LogP) is 7.66. The van der Waals surface area contributed by atoms with Gasteiger partial charge in [-0.05, 0) is 78.3 Å². The summed E-state index contributed by atoms with van der Waals surface area (Å²) in [4.78, 5) is 0. The third kappa shape index (κ3) is 4.24. The van der Waals surface area contributed by atoms with Crippen LogP contribution in [-0.4, -0.2) is 8.07 Å². The zero-order valence-corrected chi connectivity index (χ0v) is 21.7. The van der Waals surface area contributed by atoms with E-state index in [1.165, 1.54) is 69.3 Å². The van der Waals surface area contributed by atoms with Crippen molar-refractivity contribution in [2.24, 2.45) is 7.05 Å². The van der Waals surface area contributed by atoms with Gasteiger partial charge in [0, 0.05) is 21.1 Å². The topological polar surface area (TPSA) is 3.88 Å². The summed E-state index contributed by atoms with van der Waals surface area (Å²) < 4.78 is 2.40. The SMILES string of the molecule is CCc1cc(CC)c(C)c(-c2c3ccc(C4CC[Si](C)(C)CC4)cc3cc(C)[n+]2C)c1. The molecule has 0 bridgehead atoms. The fraction of sp³-hybridized carbons (Fsp3) is 0.483. The predicted molar refractivity (Wildman–Crippen MR) is 138 cm³/mol. The number of pyridine rings is 1. The van der Waals surface area contributed by atoms with Gasteiger partial charge in [-0.1, -0.05) is 57.2 Å². The largest absolute Gasteiger partial charge is 0.220 e. The van der Waals surface area contributed by atoms with Gasteiger partial charge in [-0.2, -0.15) is 4.57 Å². The highest BCUT2D eigenvalue weighted by atomic mass is 28.3. The van der Waals surface area contributed by atoms with Crippen molar-refractivity contribution in [1.82, 2.24) is 0 Å². The molecule has 0 radical (unpaired) electrons. The van der Waals surface area contributed by atoms with Crippen molar-refractivity contribution in [1.29, 1.82) is 0 Å². The zero-order valence-electron chi connectivity index (χ0n) is 20.7. The molecule has 1 nitrogen and oxygen atoms in total. The van der Waals surface area contributed by atoms with Crippen LogP contribution in [0.15, 0.2) is 36.4 Å². The first-order chi connectivity index (χ1) is 14.7. The van der Waals surface area contributed by atoms with Crippen LogP contribution in [0.4, 0.5) is 0 Å². The summed E-state index contributed by atoms with van der Waals surface area (Å²) in [5.41, 5.74) is 10.0. The molecule has 1 fully saturated rings. The van der Waals surface area contributed by atoms with Gasteiger partial charge in [-0.25, -0.2) is 0 Å². The van der Waals surface area contributed by atoms with E-state index in [2.05, 4.69) is 88.8 Å². The summed E-state index contributed by atoms with van der Waals surface area (Å²) in [6, 6.07) is 17.6. The minimum Gasteiger partial charge on any atom is -0.198 e. The Balaban J connectivity index is 1.87. The Kier molecular flexibility index (Phi) is 6.13. The summed E-state index contributed by atoms with van der Waals surface area (Å²) in [6.07, 6.45) is 4.94. The average molecular weight is 431 g/mol. The van der Waals surface area contributed by atoms with Crippen LogP contribution in [0.2, 0.25) is 25.2 Å². The number of nitrogens with zero attached hydrogens (tertiary/aromatic N) is 1. The number of benzene rings is 2. The smallest absolute Gasteiger partial charge is 0.198 e. The quantitative estimate of drug-likeness (QED) is 0.295. The van der Waals surface area contributed by atoms with Crippen molar-refractivity contribution in [3.05, 3.63) is 64.3 Å². The van der Waals surface area contributed by atoms with Crippen LogP contribution < -0.4 is 4.57 Å². The second kappa shape index (κ2) is 8.54. The monoisotopic (exact) mass is 430 g/mol. The van der Waals surface area contributed by atoms with Gasteiger partial charge in [0.25, 0.3) is 0 Å². The highest BCUT2D eigenvalue weighted by molar-refractivity contribution is 6.77. The molecule has 1 saturated heterocycles. The third-order valence-electron chi connectivity index (χ3n) is 7.99. The average Bonchev–Trinajstić information content (AvgIpc) is 2.75. The standard InChI is InChI=1S/C29H40NSi/c1-8-22-17-23(9-2)21(4)28(18-22)29-27-11-10-25(19-26(27)16-20(3)30(29)5)24-12-14-31(6,7)15-13-24/h10-11,16-19,24H,8-9,12-15H2,1-7H3/q+1. The van der Waals surface area contributed by atoms with Crippen LogP contribution in [-0.2, 0) is 19.9 Å². The normalized spacial score (nSPS) is 16.7. The van der Waals surface area contributed by atoms with Gasteiger partial charge < -0.3 is 0 Å². The molecule has 1 aromatic heterocycles. The first kappa shape index (κ1) is 22.3. The van der Waals surface area contributed by atoms with Crippen molar-refractivity contribution < 1.29 is 4.57 Å². The van der Waals surface area contributed by atoms with E-state index in [4.69, 9.17) is 0 Å². The highest BCUT2D eigenvalue weighted by Gasteiger charge is 2.29. The van der Waals surface area contributed by atoms with Gasteiger partial charge in [-0.15, -0.1) is 0 Å². The molecule has 2 heterocycles. The third-order valence-corrected chi connectivity index (χ3v) is 11.3. The van der Waals surface area contributed by atoms with E-state index >= 15 is 0 Å². The van der Waals surface area contributed by atoms with E-state index in [-0.39, 0.29) is 0 Å². The van der Waals surface area contributed by atoms with Crippen molar-refractivity contribution in [2.45, 2.75) is 84.5 Å². The van der Waals surface area contributed by atoms with Crippen LogP contribution in [0.25, 0.3) is 22.0 Å². The van der Waals surface area contributed by atoms with Crippen LogP contribution in [0.5, 0.6) is 0 Å². The van der Waals surface area contributed by atoms with Crippen LogP contribution in [0.1, 0.15) is 60.6 Å². The Morgan fingerprint density at radius 2 is 1.65 bits per heavy atom. The van der Waals surface area contributed by atoms with E-state index < -0.39 is 8.07 Å². The summed E-state index contributed by atoms with van der Waals surface area (Å²) in [6.45, 7) is 14.2. The highest BCUT2D eigenvalue weighted by Crippen LogP contribution is 2.40. The van der Waals surface area contributed by atoms with E-state index in [1.807, 2.05) is 0 Å². The molecular weight excluding hydrogens is 390 g/mol. The lowest BCUT2D eigenvalue weighted by atomic mass is 9.89. The number of fused-ring (bicyclic) bond motifs is 1. The summed E-state index contributed by atoms with van der Waals surface area (Å²) >= 11 is 0. The zero-order chi connectivity index (χ0) is 22.3. The molecule has 4 rings (SSSR count). The van der Waals surface area contributed by atoms with E-state index in [1.54, 1.807) is 5.56 Å². The Bertz CT molecular complexity index is 1120. The van der Waals surface area contributed by atoms with Gasteiger partial charge in [0.05, 0.1) is 10.9 Å². The van der Waals surface area contributed by atoms with Gasteiger partial charge in [-0.3, -0.25) is 0 Å². The van der Waals surface area contributed by atoms with Crippen molar-refractivity contribution in [3.8, 4) is 11.3 Å². The maximum atomic E-state index is 2.57. The van der Waals surface area contributed by atoms with E-state index in [0.29, 0.717) is 0 Å². The lowest BCUT2D eigenvalue weighted by Crippen LogP contribution is -2.35. The number of hydrogen-bond donors (Lipinski definition) is 0. The Morgan fingerprint density at radius 3 is 2.29 bits per heavy atom. The van der Waals surface area contributed by atoms with E-state index in [9.17, 15) is 0 Å². The summed E-state index contributed by atoms with van der Waals surface area (Å²) in [7, 11) is 1.32. The Hall–Kier alpha value is -1.93. The molecule has 0 atom stereocenters. The molecule has 1 aliphatic heterocycles. The number of hydrogen-bond acceptors (Lipinski definition) is 0. The maximum Gasteiger partial charge on any atom is 0.220 e. The molecule has 3 aromatic rings. The summed E-state index contributed by atoms with van der Waals surface area (Å²) in [5, 5.41) is 2.80. The van der Waals surface area contributed by atoms with Crippen molar-refractivity contribution in [3.63, 3.8) is 0 Å². The van der Waals surface area contributed by atoms with Gasteiger partial charge in [0.1, 0.15) is 7.05 Å². The molecule has 1 aliphatic rings. The van der Waals surface area contributed by atoms with Crippen molar-refractivity contribution >= 4 is 18.8 Å². The molecule has 0 saturated carbocycles. The van der Waals surface area contributed by atoms with Crippen molar-refractivity contribution in [2.75, 3.05) is 0 Å². The van der Waals surface area contributed by atoms with Gasteiger partial charge >= 0.3 is 0 Å².